The van der Waals surface area contributed by atoms with Gasteiger partial charge in [-0.25, -0.2) is 0 Å². The molecule has 1 heterocycles. The minimum atomic E-state index is -4.31. The molecule has 0 saturated heterocycles. The van der Waals surface area contributed by atoms with Crippen LogP contribution in [0, 0.1) is 0 Å². The lowest BCUT2D eigenvalue weighted by atomic mass is 10.1. The van der Waals surface area contributed by atoms with E-state index in [2.05, 4.69) is 5.10 Å². The molecule has 0 aliphatic rings. The van der Waals surface area contributed by atoms with Gasteiger partial charge in [-0.3, -0.25) is 9.48 Å². The fraction of sp³-hybridized carbons (Fsp3) is 0.667. The first-order valence-electron chi connectivity index (χ1n) is 6.11. The first kappa shape index (κ1) is 16.0. The first-order valence-corrected chi connectivity index (χ1v) is 6.48. The Morgan fingerprint density at radius 1 is 1.37 bits per heavy atom. The van der Waals surface area contributed by atoms with E-state index in [0.29, 0.717) is 29.4 Å². The largest absolute Gasteiger partial charge is 0.389 e. The Labute approximate surface area is 114 Å². The van der Waals surface area contributed by atoms with Gasteiger partial charge in [0.25, 0.3) is 0 Å². The molecule has 0 radical (unpaired) electrons. The molecule has 1 aromatic rings. The van der Waals surface area contributed by atoms with E-state index >= 15 is 0 Å². The van der Waals surface area contributed by atoms with Crippen molar-refractivity contribution in [1.82, 2.24) is 9.78 Å². The van der Waals surface area contributed by atoms with Crippen molar-refractivity contribution in [3.05, 3.63) is 16.4 Å². The van der Waals surface area contributed by atoms with Gasteiger partial charge in [0, 0.05) is 19.4 Å². The fourth-order valence-electron chi connectivity index (χ4n) is 1.74. The molecular formula is C12H16ClF3N2O. The lowest BCUT2D eigenvalue weighted by Crippen LogP contribution is -2.14. The Balaban J connectivity index is 2.76. The number of halogens is 4. The van der Waals surface area contributed by atoms with E-state index in [-0.39, 0.29) is 6.42 Å². The van der Waals surface area contributed by atoms with Crippen LogP contribution in [0.3, 0.4) is 0 Å². The van der Waals surface area contributed by atoms with Gasteiger partial charge in [-0.2, -0.15) is 18.3 Å². The van der Waals surface area contributed by atoms with Crippen molar-refractivity contribution < 1.29 is 18.0 Å². The highest BCUT2D eigenvalue weighted by Gasteiger charge is 2.28. The molecule has 0 amide bonds. The second-order valence-electron chi connectivity index (χ2n) is 4.21. The Kier molecular flexibility index (Phi) is 5.40. The molecule has 0 spiro atoms. The molecule has 0 aliphatic heterocycles. The minimum Gasteiger partial charge on any atom is -0.299 e. The summed E-state index contributed by atoms with van der Waals surface area (Å²) in [6.45, 7) is 4.25. The number of alkyl halides is 3. The second-order valence-corrected chi connectivity index (χ2v) is 4.59. The van der Waals surface area contributed by atoms with Crippen LogP contribution >= 0.6 is 11.6 Å². The van der Waals surface area contributed by atoms with Crippen molar-refractivity contribution in [3.8, 4) is 0 Å². The van der Waals surface area contributed by atoms with Crippen LogP contribution in [0.4, 0.5) is 13.2 Å². The van der Waals surface area contributed by atoms with Crippen LogP contribution in [0.2, 0.25) is 5.02 Å². The van der Waals surface area contributed by atoms with Crippen LogP contribution in [0.1, 0.15) is 38.1 Å². The molecule has 19 heavy (non-hydrogen) atoms. The second kappa shape index (κ2) is 6.41. The maximum Gasteiger partial charge on any atom is 0.389 e. The zero-order chi connectivity index (χ0) is 14.6. The predicted octanol–water partition coefficient (Wildman–Crippen LogP) is 3.57. The van der Waals surface area contributed by atoms with E-state index in [1.165, 1.54) is 0 Å². The monoisotopic (exact) mass is 296 g/mol. The average molecular weight is 297 g/mol. The third kappa shape index (κ3) is 4.53. The molecule has 0 fully saturated rings. The number of hydrogen-bond donors (Lipinski definition) is 0. The molecule has 1 rings (SSSR count). The molecule has 7 heteroatoms. The standard InChI is InChI=1S/C12H16ClF3N2O/c1-3-9-11(13)10(18(4-2)17-9)7-8(19)5-6-12(14,15)16/h3-7H2,1-2H3. The van der Waals surface area contributed by atoms with Gasteiger partial charge in [0.1, 0.15) is 5.78 Å². The Morgan fingerprint density at radius 2 is 2.00 bits per heavy atom. The van der Waals surface area contributed by atoms with Gasteiger partial charge in [-0.15, -0.1) is 0 Å². The fourth-order valence-corrected chi connectivity index (χ4v) is 2.08. The zero-order valence-electron chi connectivity index (χ0n) is 10.9. The van der Waals surface area contributed by atoms with Crippen molar-refractivity contribution in [2.75, 3.05) is 0 Å². The van der Waals surface area contributed by atoms with Crippen LogP contribution in [0.15, 0.2) is 0 Å². The highest BCUT2D eigenvalue weighted by Crippen LogP contribution is 2.25. The van der Waals surface area contributed by atoms with Crippen molar-refractivity contribution >= 4 is 17.4 Å². The van der Waals surface area contributed by atoms with Gasteiger partial charge < -0.3 is 0 Å². The summed E-state index contributed by atoms with van der Waals surface area (Å²) in [5, 5.41) is 4.61. The van der Waals surface area contributed by atoms with Crippen molar-refractivity contribution in [2.24, 2.45) is 0 Å². The summed E-state index contributed by atoms with van der Waals surface area (Å²) in [7, 11) is 0. The van der Waals surface area contributed by atoms with Gasteiger partial charge in [0.05, 0.1) is 22.8 Å². The highest BCUT2D eigenvalue weighted by molar-refractivity contribution is 6.32. The number of hydrogen-bond acceptors (Lipinski definition) is 2. The minimum absolute atomic E-state index is 0.101. The Hall–Kier alpha value is -1.04. The molecule has 0 aromatic carbocycles. The summed E-state index contributed by atoms with van der Waals surface area (Å²) in [5.41, 5.74) is 1.18. The maximum absolute atomic E-state index is 12.0. The van der Waals surface area contributed by atoms with Crippen molar-refractivity contribution in [3.63, 3.8) is 0 Å². The number of Topliss-reactive ketones (excluding diaryl/α,β-unsaturated/α-hetero) is 1. The third-order valence-corrected chi connectivity index (χ3v) is 3.18. The number of rotatable bonds is 6. The van der Waals surface area contributed by atoms with E-state index in [4.69, 9.17) is 11.6 Å². The van der Waals surface area contributed by atoms with Gasteiger partial charge in [-0.05, 0) is 13.3 Å². The highest BCUT2D eigenvalue weighted by atomic mass is 35.5. The van der Waals surface area contributed by atoms with Crippen LogP contribution in [-0.2, 0) is 24.2 Å². The lowest BCUT2D eigenvalue weighted by Gasteiger charge is -2.07. The van der Waals surface area contributed by atoms with Gasteiger partial charge in [0.2, 0.25) is 0 Å². The number of aryl methyl sites for hydroxylation is 2. The third-order valence-electron chi connectivity index (χ3n) is 2.75. The molecule has 1 aromatic heterocycles. The maximum atomic E-state index is 12.0. The SMILES string of the molecule is CCc1nn(CC)c(CC(=O)CCC(F)(F)F)c1Cl. The molecule has 0 saturated carbocycles. The van der Waals surface area contributed by atoms with Crippen LogP contribution in [0.5, 0.6) is 0 Å². The normalized spacial score (nSPS) is 11.9. The van der Waals surface area contributed by atoms with Crippen LogP contribution in [0.25, 0.3) is 0 Å². The van der Waals surface area contributed by atoms with E-state index < -0.39 is 24.8 Å². The number of aromatic nitrogens is 2. The predicted molar refractivity (Wildman–Crippen MR) is 66.3 cm³/mol. The average Bonchev–Trinajstić information content (AvgIpc) is 2.63. The number of carbonyl (C=O) groups excluding carboxylic acids is 1. The van der Waals surface area contributed by atoms with E-state index in [1.807, 2.05) is 13.8 Å². The smallest absolute Gasteiger partial charge is 0.299 e. The molecule has 108 valence electrons. The number of carbonyl (C=O) groups is 1. The summed E-state index contributed by atoms with van der Waals surface area (Å²) in [5.74, 6) is -0.475. The van der Waals surface area contributed by atoms with E-state index in [1.54, 1.807) is 4.68 Å². The van der Waals surface area contributed by atoms with Crippen LogP contribution in [-0.4, -0.2) is 21.7 Å². The topological polar surface area (TPSA) is 34.9 Å². The van der Waals surface area contributed by atoms with Gasteiger partial charge in [-0.1, -0.05) is 18.5 Å². The van der Waals surface area contributed by atoms with Gasteiger partial charge in [0.15, 0.2) is 0 Å². The first-order chi connectivity index (χ1) is 8.78. The quantitative estimate of drug-likeness (QED) is 0.804. The van der Waals surface area contributed by atoms with Crippen molar-refractivity contribution in [2.45, 2.75) is 52.3 Å². The van der Waals surface area contributed by atoms with Gasteiger partial charge >= 0.3 is 6.18 Å². The molecule has 0 N–H and O–H groups in total. The van der Waals surface area contributed by atoms with E-state index in [9.17, 15) is 18.0 Å². The summed E-state index contributed by atoms with van der Waals surface area (Å²) < 4.78 is 37.7. The molecule has 0 atom stereocenters. The Morgan fingerprint density at radius 3 is 2.47 bits per heavy atom. The van der Waals surface area contributed by atoms with Crippen LogP contribution < -0.4 is 0 Å². The van der Waals surface area contributed by atoms with Crippen molar-refractivity contribution in [1.29, 1.82) is 0 Å². The number of ketones is 1. The summed E-state index contributed by atoms with van der Waals surface area (Å²) in [6, 6.07) is 0. The molecule has 0 unspecified atom stereocenters. The summed E-state index contributed by atoms with van der Waals surface area (Å²) >= 11 is 6.08. The molecule has 0 bridgehead atoms. The molecular weight excluding hydrogens is 281 g/mol. The lowest BCUT2D eigenvalue weighted by molar-refractivity contribution is -0.143. The number of nitrogens with zero attached hydrogens (tertiary/aromatic N) is 2. The zero-order valence-corrected chi connectivity index (χ0v) is 11.6. The summed E-state index contributed by atoms with van der Waals surface area (Å²) in [6.07, 6.45) is -5.40. The Bertz CT molecular complexity index is 455. The molecule has 3 nitrogen and oxygen atoms in total. The molecule has 0 aliphatic carbocycles. The summed E-state index contributed by atoms with van der Waals surface area (Å²) in [4.78, 5) is 11.6. The van der Waals surface area contributed by atoms with E-state index in [0.717, 1.165) is 0 Å².